The molecule has 58 valence electrons. The lowest BCUT2D eigenvalue weighted by Gasteiger charge is -1.85. The van der Waals surface area contributed by atoms with Crippen LogP contribution >= 0.6 is 12.4 Å². The third-order valence-electron chi connectivity index (χ3n) is 0.751. The molecule has 0 atom stereocenters. The van der Waals surface area contributed by atoms with Crippen LogP contribution in [0.4, 0.5) is 0 Å². The summed E-state index contributed by atoms with van der Waals surface area (Å²) < 4.78 is 28.6. The van der Waals surface area contributed by atoms with E-state index in [0.717, 1.165) is 6.20 Å². The SMILES string of the molecule is Cl.O=S(=O)(O)c1cnc[nH]1. The average molecular weight is 185 g/mol. The van der Waals surface area contributed by atoms with Gasteiger partial charge in [-0.3, -0.25) is 4.55 Å². The fourth-order valence-corrected chi connectivity index (χ4v) is 0.780. The average Bonchev–Trinajstić information content (AvgIpc) is 2.08. The van der Waals surface area contributed by atoms with Crippen LogP contribution in [0.2, 0.25) is 0 Å². The van der Waals surface area contributed by atoms with Crippen molar-refractivity contribution in [2.75, 3.05) is 0 Å². The summed E-state index contributed by atoms with van der Waals surface area (Å²) in [6, 6.07) is 0. The zero-order chi connectivity index (χ0) is 6.91. The highest BCUT2D eigenvalue weighted by atomic mass is 35.5. The quantitative estimate of drug-likeness (QED) is 0.606. The van der Waals surface area contributed by atoms with Crippen molar-refractivity contribution in [1.29, 1.82) is 0 Å². The molecule has 5 nitrogen and oxygen atoms in total. The van der Waals surface area contributed by atoms with Crippen LogP contribution < -0.4 is 0 Å². The molecule has 0 bridgehead atoms. The predicted molar refractivity (Wildman–Crippen MR) is 35.7 cm³/mol. The molecule has 0 aliphatic heterocycles. The predicted octanol–water partition coefficient (Wildman–Crippen LogP) is 0.0782. The Balaban J connectivity index is 0.000000810. The highest BCUT2D eigenvalue weighted by Gasteiger charge is 2.08. The normalized spacial score (nSPS) is 10.5. The Hall–Kier alpha value is -0.590. The van der Waals surface area contributed by atoms with Gasteiger partial charge in [-0.15, -0.1) is 12.4 Å². The monoisotopic (exact) mass is 184 g/mol. The number of aromatic amines is 1. The molecule has 7 heteroatoms. The van der Waals surface area contributed by atoms with Crippen LogP contribution in [0.1, 0.15) is 0 Å². The molecule has 1 aromatic heterocycles. The highest BCUT2D eigenvalue weighted by Crippen LogP contribution is 1.98. The Bertz CT molecular complexity index is 279. The third kappa shape index (κ3) is 1.98. The zero-order valence-electron chi connectivity index (χ0n) is 4.68. The van der Waals surface area contributed by atoms with Gasteiger partial charge < -0.3 is 4.98 Å². The molecule has 0 fully saturated rings. The molecule has 1 aromatic rings. The molecular weight excluding hydrogens is 180 g/mol. The van der Waals surface area contributed by atoms with Crippen LogP contribution in [-0.4, -0.2) is 22.9 Å². The molecular formula is C3H5ClN2O3S. The molecule has 0 aliphatic carbocycles. The van der Waals surface area contributed by atoms with E-state index in [1.807, 2.05) is 0 Å². The number of nitrogens with zero attached hydrogens (tertiary/aromatic N) is 1. The van der Waals surface area contributed by atoms with Crippen molar-refractivity contribution in [2.24, 2.45) is 0 Å². The molecule has 2 N–H and O–H groups in total. The molecule has 0 aromatic carbocycles. The van der Waals surface area contributed by atoms with Gasteiger partial charge in [-0.2, -0.15) is 8.42 Å². The highest BCUT2D eigenvalue weighted by molar-refractivity contribution is 7.85. The molecule has 1 rings (SSSR count). The zero-order valence-corrected chi connectivity index (χ0v) is 6.32. The number of hydrogen-bond acceptors (Lipinski definition) is 3. The van der Waals surface area contributed by atoms with Gasteiger partial charge in [-0.1, -0.05) is 0 Å². The lowest BCUT2D eigenvalue weighted by atomic mass is 11.0. The van der Waals surface area contributed by atoms with Gasteiger partial charge in [0, 0.05) is 0 Å². The van der Waals surface area contributed by atoms with Crippen LogP contribution in [0.3, 0.4) is 0 Å². The number of imidazole rings is 1. The number of hydrogen-bond donors (Lipinski definition) is 2. The minimum atomic E-state index is -4.08. The lowest BCUT2D eigenvalue weighted by molar-refractivity contribution is 0.480. The number of nitrogens with one attached hydrogen (secondary N) is 1. The topological polar surface area (TPSA) is 83.1 Å². The van der Waals surface area contributed by atoms with Crippen molar-refractivity contribution in [2.45, 2.75) is 5.03 Å². The van der Waals surface area contributed by atoms with Crippen LogP contribution in [-0.2, 0) is 10.1 Å². The van der Waals surface area contributed by atoms with E-state index in [1.165, 1.54) is 6.33 Å². The second-order valence-electron chi connectivity index (χ2n) is 1.39. The molecule has 0 amide bonds. The van der Waals surface area contributed by atoms with Gasteiger partial charge in [0.2, 0.25) is 0 Å². The van der Waals surface area contributed by atoms with E-state index < -0.39 is 10.1 Å². The Labute approximate surface area is 63.6 Å². The van der Waals surface area contributed by atoms with Crippen LogP contribution in [0.15, 0.2) is 17.6 Å². The largest absolute Gasteiger partial charge is 0.334 e. The van der Waals surface area contributed by atoms with Crippen molar-refractivity contribution in [3.63, 3.8) is 0 Å². The Morgan fingerprint density at radius 3 is 2.40 bits per heavy atom. The standard InChI is InChI=1S/C3H4N2O3S.ClH/c6-9(7,8)3-1-4-2-5-3;/h1-2H,(H,4,5)(H,6,7,8);1H. The van der Waals surface area contributed by atoms with E-state index in [-0.39, 0.29) is 17.4 Å². The number of halogens is 1. The van der Waals surface area contributed by atoms with Crippen molar-refractivity contribution >= 4 is 22.5 Å². The minimum absolute atomic E-state index is 0. The summed E-state index contributed by atoms with van der Waals surface area (Å²) in [6.07, 6.45) is 2.19. The van der Waals surface area contributed by atoms with E-state index in [4.69, 9.17) is 4.55 Å². The molecule has 0 spiro atoms. The smallest absolute Gasteiger partial charge is 0.311 e. The van der Waals surface area contributed by atoms with E-state index in [2.05, 4.69) is 9.97 Å². The Morgan fingerprint density at radius 1 is 1.60 bits per heavy atom. The minimum Gasteiger partial charge on any atom is -0.334 e. The first-order chi connectivity index (χ1) is 4.11. The maximum atomic E-state index is 10.2. The van der Waals surface area contributed by atoms with Crippen molar-refractivity contribution < 1.29 is 13.0 Å². The molecule has 0 saturated carbocycles. The number of aromatic nitrogens is 2. The second-order valence-corrected chi connectivity index (χ2v) is 2.78. The van der Waals surface area contributed by atoms with E-state index >= 15 is 0 Å². The molecule has 0 radical (unpaired) electrons. The summed E-state index contributed by atoms with van der Waals surface area (Å²) in [6.45, 7) is 0. The summed E-state index contributed by atoms with van der Waals surface area (Å²) in [4.78, 5) is 5.62. The van der Waals surface area contributed by atoms with Gasteiger partial charge in [0.1, 0.15) is 0 Å². The van der Waals surface area contributed by atoms with Gasteiger partial charge in [-0.25, -0.2) is 4.98 Å². The molecule has 1 heterocycles. The summed E-state index contributed by atoms with van der Waals surface area (Å²) >= 11 is 0. The van der Waals surface area contributed by atoms with Crippen molar-refractivity contribution in [1.82, 2.24) is 9.97 Å². The Kier molecular flexibility index (Phi) is 2.82. The summed E-state index contributed by atoms with van der Waals surface area (Å²) in [5.74, 6) is 0. The first-order valence-electron chi connectivity index (χ1n) is 2.06. The third-order valence-corrected chi connectivity index (χ3v) is 1.53. The van der Waals surface area contributed by atoms with Gasteiger partial charge in [0.15, 0.2) is 5.03 Å². The number of rotatable bonds is 1. The fourth-order valence-electron chi connectivity index (χ4n) is 0.384. The van der Waals surface area contributed by atoms with E-state index in [1.54, 1.807) is 0 Å². The van der Waals surface area contributed by atoms with Crippen molar-refractivity contribution in [3.8, 4) is 0 Å². The molecule has 0 aliphatic rings. The summed E-state index contributed by atoms with van der Waals surface area (Å²) in [7, 11) is -4.08. The second kappa shape index (κ2) is 3.00. The first-order valence-corrected chi connectivity index (χ1v) is 3.50. The Morgan fingerprint density at radius 2 is 2.20 bits per heavy atom. The summed E-state index contributed by atoms with van der Waals surface area (Å²) in [5, 5.41) is -0.289. The maximum absolute atomic E-state index is 10.2. The van der Waals surface area contributed by atoms with Gasteiger partial charge in [0.05, 0.1) is 12.5 Å². The maximum Gasteiger partial charge on any atom is 0.311 e. The van der Waals surface area contributed by atoms with Crippen LogP contribution in [0.25, 0.3) is 0 Å². The molecule has 0 unspecified atom stereocenters. The first kappa shape index (κ1) is 9.41. The molecule has 0 saturated heterocycles. The van der Waals surface area contributed by atoms with Crippen molar-refractivity contribution in [3.05, 3.63) is 12.5 Å². The van der Waals surface area contributed by atoms with E-state index in [0.29, 0.717) is 0 Å². The van der Waals surface area contributed by atoms with Crippen LogP contribution in [0, 0.1) is 0 Å². The number of H-pyrrole nitrogens is 1. The lowest BCUT2D eigenvalue weighted by Crippen LogP contribution is -1.96. The van der Waals surface area contributed by atoms with Gasteiger partial charge >= 0.3 is 10.1 Å². The van der Waals surface area contributed by atoms with E-state index in [9.17, 15) is 8.42 Å². The van der Waals surface area contributed by atoms with Gasteiger partial charge in [-0.05, 0) is 0 Å². The molecule has 10 heavy (non-hydrogen) atoms. The fraction of sp³-hybridized carbons (Fsp3) is 0. The summed E-state index contributed by atoms with van der Waals surface area (Å²) in [5.41, 5.74) is 0. The van der Waals surface area contributed by atoms with Crippen LogP contribution in [0.5, 0.6) is 0 Å². The van der Waals surface area contributed by atoms with Gasteiger partial charge in [0.25, 0.3) is 0 Å².